The normalized spacial score (nSPS) is 10.8. The van der Waals surface area contributed by atoms with Crippen molar-refractivity contribution in [3.05, 3.63) is 0 Å². The summed E-state index contributed by atoms with van der Waals surface area (Å²) in [5.74, 6) is -1.80. The summed E-state index contributed by atoms with van der Waals surface area (Å²) in [6.45, 7) is 4.56. The van der Waals surface area contributed by atoms with E-state index in [-0.39, 0.29) is 35.9 Å². The number of rotatable bonds is 38. The van der Waals surface area contributed by atoms with Gasteiger partial charge in [-0.3, -0.25) is 0 Å². The Hall–Kier alpha value is -0.294. The number of carboxylic acid groups (broad SMARTS) is 2. The number of aliphatic carboxylic acids is 2. The van der Waals surface area contributed by atoms with Crippen molar-refractivity contribution in [1.82, 2.24) is 0 Å². The van der Waals surface area contributed by atoms with Crippen molar-refractivity contribution in [2.45, 2.75) is 258 Å². The first kappa shape index (κ1) is 51.1. The van der Waals surface area contributed by atoms with E-state index in [0.29, 0.717) is 0 Å². The van der Waals surface area contributed by atoms with Crippen LogP contribution in [0, 0.1) is 0 Å². The van der Waals surface area contributed by atoms with Crippen LogP contribution in [0.4, 0.5) is 0 Å². The van der Waals surface area contributed by atoms with E-state index in [4.69, 9.17) is 0 Å². The standard InChI is InChI=1S/2C21H42O2.Mg/c2*1-2-3-4-5-6-7-8-9-10-11-12-13-14-15-16-17-18-19-20-21(22)23;/h2*2-20H2,1H3,(H,22,23);/q;;+2/p-2. The fourth-order valence-electron chi connectivity index (χ4n) is 6.34. The van der Waals surface area contributed by atoms with Gasteiger partial charge >= 0.3 is 23.1 Å². The minimum absolute atomic E-state index is 0. The molecule has 0 aromatic heterocycles. The van der Waals surface area contributed by atoms with Crippen molar-refractivity contribution in [3.63, 3.8) is 0 Å². The summed E-state index contributed by atoms with van der Waals surface area (Å²) < 4.78 is 0. The molecule has 0 aromatic carbocycles. The number of hydrogen-bond acceptors (Lipinski definition) is 4. The van der Waals surface area contributed by atoms with Crippen LogP contribution in [0.5, 0.6) is 0 Å². The Morgan fingerprint density at radius 3 is 0.532 bits per heavy atom. The molecular formula is C42H82MgO4. The van der Waals surface area contributed by atoms with Gasteiger partial charge in [-0.05, 0) is 25.7 Å². The molecule has 47 heavy (non-hydrogen) atoms. The van der Waals surface area contributed by atoms with Gasteiger partial charge in [-0.25, -0.2) is 0 Å². The van der Waals surface area contributed by atoms with Crippen molar-refractivity contribution in [2.75, 3.05) is 0 Å². The maximum absolute atomic E-state index is 10.3. The van der Waals surface area contributed by atoms with E-state index in [1.54, 1.807) is 0 Å². The van der Waals surface area contributed by atoms with Gasteiger partial charge in [-0.15, -0.1) is 0 Å². The molecule has 0 aliphatic carbocycles. The van der Waals surface area contributed by atoms with Crippen LogP contribution >= 0.6 is 0 Å². The summed E-state index contributed by atoms with van der Waals surface area (Å²) in [4.78, 5) is 20.5. The summed E-state index contributed by atoms with van der Waals surface area (Å²) in [6, 6.07) is 0. The van der Waals surface area contributed by atoms with Gasteiger partial charge in [0.2, 0.25) is 0 Å². The van der Waals surface area contributed by atoms with E-state index < -0.39 is 11.9 Å². The molecule has 0 fully saturated rings. The van der Waals surface area contributed by atoms with Gasteiger partial charge in [-0.1, -0.05) is 232 Å². The molecule has 0 atom stereocenters. The third-order valence-corrected chi connectivity index (χ3v) is 9.47. The van der Waals surface area contributed by atoms with Gasteiger partial charge in [0.15, 0.2) is 0 Å². The Kier molecular flexibility index (Phi) is 52.0. The quantitative estimate of drug-likeness (QED) is 0.0482. The number of hydrogen-bond donors (Lipinski definition) is 0. The fourth-order valence-corrected chi connectivity index (χ4v) is 6.34. The average molecular weight is 675 g/mol. The van der Waals surface area contributed by atoms with Gasteiger partial charge in [0.05, 0.1) is 0 Å². The molecular weight excluding hydrogens is 593 g/mol. The molecule has 0 aliphatic heterocycles. The van der Waals surface area contributed by atoms with Crippen LogP contribution in [-0.2, 0) is 9.59 Å². The largest absolute Gasteiger partial charge is 2.00 e. The predicted octanol–water partition coefficient (Wildman–Crippen LogP) is 12.0. The Morgan fingerprint density at radius 1 is 0.277 bits per heavy atom. The summed E-state index contributed by atoms with van der Waals surface area (Å²) in [5, 5.41) is 20.5. The molecule has 276 valence electrons. The molecule has 5 heteroatoms. The molecule has 0 unspecified atom stereocenters. The second-order valence-electron chi connectivity index (χ2n) is 14.3. The monoisotopic (exact) mass is 675 g/mol. The number of carbonyl (C=O) groups is 2. The molecule has 0 radical (unpaired) electrons. The van der Waals surface area contributed by atoms with Gasteiger partial charge in [0.1, 0.15) is 0 Å². The van der Waals surface area contributed by atoms with Crippen molar-refractivity contribution in [1.29, 1.82) is 0 Å². The second kappa shape index (κ2) is 47.8. The maximum Gasteiger partial charge on any atom is 2.00 e. The molecule has 0 saturated carbocycles. The first-order valence-corrected chi connectivity index (χ1v) is 20.9. The molecule has 0 aromatic rings. The molecule has 0 aliphatic rings. The Balaban J connectivity index is -0.000000807. The molecule has 0 amide bonds. The van der Waals surface area contributed by atoms with Crippen LogP contribution in [-0.4, -0.2) is 35.0 Å². The molecule has 0 saturated heterocycles. The van der Waals surface area contributed by atoms with Gasteiger partial charge in [0.25, 0.3) is 0 Å². The van der Waals surface area contributed by atoms with Crippen LogP contribution in [0.1, 0.15) is 258 Å². The SMILES string of the molecule is CCCCCCCCCCCCCCCCCCCCC(=O)[O-].CCCCCCCCCCCCCCCCCCCCC(=O)[O-].[Mg+2]. The zero-order valence-electron chi connectivity index (χ0n) is 32.2. The Labute approximate surface area is 311 Å². The zero-order chi connectivity index (χ0) is 34.0. The van der Waals surface area contributed by atoms with E-state index in [9.17, 15) is 19.8 Å². The molecule has 0 spiro atoms. The summed E-state index contributed by atoms with van der Waals surface area (Å²) in [5.41, 5.74) is 0. The van der Waals surface area contributed by atoms with Crippen LogP contribution in [0.3, 0.4) is 0 Å². The minimum atomic E-state index is -0.901. The van der Waals surface area contributed by atoms with E-state index in [1.807, 2.05) is 0 Å². The smallest absolute Gasteiger partial charge is 0.550 e. The predicted molar refractivity (Wildman–Crippen MR) is 203 cm³/mol. The third kappa shape index (κ3) is 55.4. The second-order valence-corrected chi connectivity index (χ2v) is 14.3. The number of carboxylic acids is 2. The van der Waals surface area contributed by atoms with Crippen molar-refractivity contribution in [2.24, 2.45) is 0 Å². The van der Waals surface area contributed by atoms with Gasteiger partial charge < -0.3 is 19.8 Å². The van der Waals surface area contributed by atoms with Crippen LogP contribution in [0.15, 0.2) is 0 Å². The topological polar surface area (TPSA) is 80.3 Å². The molecule has 0 bridgehead atoms. The van der Waals surface area contributed by atoms with Crippen molar-refractivity contribution < 1.29 is 19.8 Å². The van der Waals surface area contributed by atoms with E-state index in [1.165, 1.54) is 205 Å². The Bertz CT molecular complexity index is 533. The van der Waals surface area contributed by atoms with Gasteiger partial charge in [-0.2, -0.15) is 0 Å². The number of unbranched alkanes of at least 4 members (excludes halogenated alkanes) is 34. The summed E-state index contributed by atoms with van der Waals surface area (Å²) in [6.07, 6.45) is 48.5. The van der Waals surface area contributed by atoms with Gasteiger partial charge in [0, 0.05) is 11.9 Å². The molecule has 0 N–H and O–H groups in total. The first-order chi connectivity index (χ1) is 22.5. The van der Waals surface area contributed by atoms with Crippen molar-refractivity contribution >= 4 is 35.0 Å². The van der Waals surface area contributed by atoms with Crippen LogP contribution in [0.2, 0.25) is 0 Å². The Morgan fingerprint density at radius 2 is 0.404 bits per heavy atom. The number of carbonyl (C=O) groups excluding carboxylic acids is 2. The van der Waals surface area contributed by atoms with Crippen LogP contribution < -0.4 is 10.2 Å². The molecule has 0 rings (SSSR count). The van der Waals surface area contributed by atoms with E-state index >= 15 is 0 Å². The van der Waals surface area contributed by atoms with E-state index in [2.05, 4.69) is 13.8 Å². The molecule has 4 nitrogen and oxygen atoms in total. The maximum atomic E-state index is 10.3. The zero-order valence-corrected chi connectivity index (χ0v) is 33.6. The van der Waals surface area contributed by atoms with Crippen LogP contribution in [0.25, 0.3) is 0 Å². The summed E-state index contributed by atoms with van der Waals surface area (Å²) in [7, 11) is 0. The third-order valence-electron chi connectivity index (χ3n) is 9.47. The summed E-state index contributed by atoms with van der Waals surface area (Å²) >= 11 is 0. The molecule has 0 heterocycles. The van der Waals surface area contributed by atoms with Crippen molar-refractivity contribution in [3.8, 4) is 0 Å². The first-order valence-electron chi connectivity index (χ1n) is 20.9. The minimum Gasteiger partial charge on any atom is -0.550 e. The average Bonchev–Trinajstić information content (AvgIpc) is 3.03. The van der Waals surface area contributed by atoms with E-state index in [0.717, 1.165) is 25.7 Å². The fraction of sp³-hybridized carbons (Fsp3) is 0.952.